The van der Waals surface area contributed by atoms with Crippen molar-refractivity contribution in [1.29, 1.82) is 0 Å². The number of nitrogen functional groups attached to an aromatic ring is 1. The summed E-state index contributed by atoms with van der Waals surface area (Å²) in [5, 5.41) is 4.56. The molecule has 3 aromatic heterocycles. The van der Waals surface area contributed by atoms with Gasteiger partial charge in [0.25, 0.3) is 5.91 Å². The van der Waals surface area contributed by atoms with Gasteiger partial charge in [0.05, 0.1) is 0 Å². The molecule has 0 bridgehead atoms. The summed E-state index contributed by atoms with van der Waals surface area (Å²) in [6.07, 6.45) is 4.91. The summed E-state index contributed by atoms with van der Waals surface area (Å²) < 4.78 is 6.79. The first-order chi connectivity index (χ1) is 11.6. The molecule has 122 valence electrons. The van der Waals surface area contributed by atoms with E-state index in [4.69, 9.17) is 21.8 Å². The number of carbonyl (C=O) groups is 1. The minimum absolute atomic E-state index is 0.0702. The van der Waals surface area contributed by atoms with Crippen LogP contribution < -0.4 is 5.73 Å². The lowest BCUT2D eigenvalue weighted by molar-refractivity contribution is 0.0771. The number of amides is 1. The monoisotopic (exact) mass is 343 g/mol. The topological polar surface area (TPSA) is 89.7 Å². The molecule has 2 N–H and O–H groups in total. The fraction of sp³-hybridized carbons (Fsp3) is 0.188. The summed E-state index contributed by atoms with van der Waals surface area (Å²) in [7, 11) is 0. The number of carbonyl (C=O) groups excluding carboxylic acids is 1. The first kappa shape index (κ1) is 14.8. The Morgan fingerprint density at radius 3 is 2.88 bits per heavy atom. The van der Waals surface area contributed by atoms with Gasteiger partial charge < -0.3 is 15.1 Å². The van der Waals surface area contributed by atoms with Gasteiger partial charge in [0.1, 0.15) is 5.82 Å². The molecule has 1 aliphatic rings. The summed E-state index contributed by atoms with van der Waals surface area (Å²) >= 11 is 5.78. The Kier molecular flexibility index (Phi) is 3.50. The number of fused-ring (bicyclic) bond motifs is 1. The average molecular weight is 344 g/mol. The molecule has 3 aromatic rings. The Labute approximate surface area is 142 Å². The van der Waals surface area contributed by atoms with Gasteiger partial charge in [-0.1, -0.05) is 12.2 Å². The van der Waals surface area contributed by atoms with Crippen molar-refractivity contribution in [1.82, 2.24) is 19.5 Å². The minimum atomic E-state index is -0.0702. The molecule has 7 nitrogen and oxygen atoms in total. The fourth-order valence-electron chi connectivity index (χ4n) is 2.68. The van der Waals surface area contributed by atoms with Crippen LogP contribution in [0.1, 0.15) is 16.8 Å². The molecule has 8 heteroatoms. The molecule has 4 rings (SSSR count). The molecular formula is C16H14ClN5O2. The van der Waals surface area contributed by atoms with Gasteiger partial charge >= 0.3 is 0 Å². The number of rotatable bonds is 2. The van der Waals surface area contributed by atoms with E-state index in [1.807, 2.05) is 6.08 Å². The molecule has 0 saturated carbocycles. The summed E-state index contributed by atoms with van der Waals surface area (Å²) in [5.74, 6) is 1.06. The normalized spacial score (nSPS) is 14.5. The third-order valence-corrected chi connectivity index (χ3v) is 4.05. The van der Waals surface area contributed by atoms with Crippen LogP contribution in [0.5, 0.6) is 0 Å². The van der Waals surface area contributed by atoms with E-state index in [2.05, 4.69) is 16.2 Å². The predicted molar refractivity (Wildman–Crippen MR) is 89.8 cm³/mol. The van der Waals surface area contributed by atoms with Crippen LogP contribution in [-0.2, 0) is 0 Å². The highest BCUT2D eigenvalue weighted by molar-refractivity contribution is 6.28. The molecule has 1 amide bonds. The van der Waals surface area contributed by atoms with Crippen LogP contribution in [0.25, 0.3) is 17.2 Å². The van der Waals surface area contributed by atoms with E-state index in [1.54, 1.807) is 29.2 Å². The van der Waals surface area contributed by atoms with Crippen molar-refractivity contribution in [2.24, 2.45) is 0 Å². The van der Waals surface area contributed by atoms with Crippen molar-refractivity contribution < 1.29 is 9.21 Å². The Morgan fingerprint density at radius 2 is 2.17 bits per heavy atom. The van der Waals surface area contributed by atoms with Gasteiger partial charge in [0.15, 0.2) is 16.6 Å². The third kappa shape index (κ3) is 2.52. The number of nitrogens with zero attached hydrogens (tertiary/aromatic N) is 4. The number of nitrogens with two attached hydrogens (primary N) is 1. The molecular weight excluding hydrogens is 330 g/mol. The molecule has 0 saturated heterocycles. The number of hydrogen-bond donors (Lipinski definition) is 1. The SMILES string of the molecule is Nc1cc(C(=O)N2CC=CCC2)cc2nc(-c3ccc(Cl)o3)nn12. The second kappa shape index (κ2) is 5.68. The van der Waals surface area contributed by atoms with Crippen molar-refractivity contribution in [3.05, 3.63) is 47.2 Å². The van der Waals surface area contributed by atoms with Gasteiger partial charge in [0.2, 0.25) is 5.82 Å². The average Bonchev–Trinajstić information content (AvgIpc) is 3.21. The van der Waals surface area contributed by atoms with Crippen molar-refractivity contribution in [2.75, 3.05) is 18.8 Å². The van der Waals surface area contributed by atoms with Gasteiger partial charge in [-0.3, -0.25) is 4.79 Å². The number of aromatic nitrogens is 3. The van der Waals surface area contributed by atoms with Crippen LogP contribution in [0.2, 0.25) is 5.22 Å². The van der Waals surface area contributed by atoms with Crippen LogP contribution in [0.4, 0.5) is 5.82 Å². The first-order valence-corrected chi connectivity index (χ1v) is 7.86. The van der Waals surface area contributed by atoms with Gasteiger partial charge in [-0.05, 0) is 42.3 Å². The summed E-state index contributed by atoms with van der Waals surface area (Å²) in [5.41, 5.74) is 7.01. The molecule has 0 unspecified atom stereocenters. The van der Waals surface area contributed by atoms with E-state index in [9.17, 15) is 4.79 Å². The van der Waals surface area contributed by atoms with Gasteiger partial charge in [-0.15, -0.1) is 5.10 Å². The molecule has 1 aliphatic heterocycles. The van der Waals surface area contributed by atoms with Crippen LogP contribution in [0.15, 0.2) is 40.8 Å². The number of halogens is 1. The van der Waals surface area contributed by atoms with Gasteiger partial charge in [-0.2, -0.15) is 4.52 Å². The standard InChI is InChI=1S/C16H14ClN5O2/c17-12-5-4-11(24-12)15-19-14-9-10(8-13(18)22(14)20-15)16(23)21-6-2-1-3-7-21/h1-2,4-5,8-9H,3,6-7,18H2. The fourth-order valence-corrected chi connectivity index (χ4v) is 2.83. The van der Waals surface area contributed by atoms with Crippen LogP contribution in [0.3, 0.4) is 0 Å². The Hall–Kier alpha value is -2.80. The van der Waals surface area contributed by atoms with E-state index in [0.717, 1.165) is 6.42 Å². The zero-order valence-electron chi connectivity index (χ0n) is 12.6. The number of furan rings is 1. The quantitative estimate of drug-likeness (QED) is 0.722. The second-order valence-electron chi connectivity index (χ2n) is 5.49. The number of anilines is 1. The van der Waals surface area contributed by atoms with Crippen molar-refractivity contribution >= 4 is 29.0 Å². The highest BCUT2D eigenvalue weighted by Gasteiger charge is 2.19. The lowest BCUT2D eigenvalue weighted by Crippen LogP contribution is -2.33. The summed E-state index contributed by atoms with van der Waals surface area (Å²) in [6.45, 7) is 1.30. The molecule has 0 radical (unpaired) electrons. The van der Waals surface area contributed by atoms with E-state index in [0.29, 0.717) is 41.7 Å². The van der Waals surface area contributed by atoms with Crippen molar-refractivity contribution in [3.63, 3.8) is 0 Å². The number of pyridine rings is 1. The predicted octanol–water partition coefficient (Wildman–Crippen LogP) is 2.63. The van der Waals surface area contributed by atoms with E-state index >= 15 is 0 Å². The first-order valence-electron chi connectivity index (χ1n) is 7.48. The zero-order chi connectivity index (χ0) is 16.7. The van der Waals surface area contributed by atoms with Gasteiger partial charge in [-0.25, -0.2) is 4.98 Å². The molecule has 0 aromatic carbocycles. The Balaban J connectivity index is 1.73. The number of hydrogen-bond acceptors (Lipinski definition) is 5. The van der Waals surface area contributed by atoms with E-state index in [1.165, 1.54) is 4.52 Å². The Morgan fingerprint density at radius 1 is 1.29 bits per heavy atom. The maximum atomic E-state index is 12.6. The lowest BCUT2D eigenvalue weighted by atomic mass is 10.2. The molecule has 4 heterocycles. The zero-order valence-corrected chi connectivity index (χ0v) is 13.4. The molecule has 0 aliphatic carbocycles. The van der Waals surface area contributed by atoms with Gasteiger partial charge in [0, 0.05) is 18.7 Å². The van der Waals surface area contributed by atoms with Crippen LogP contribution in [-0.4, -0.2) is 38.5 Å². The molecule has 24 heavy (non-hydrogen) atoms. The summed E-state index contributed by atoms with van der Waals surface area (Å²) in [6, 6.07) is 6.59. The highest BCUT2D eigenvalue weighted by Crippen LogP contribution is 2.24. The van der Waals surface area contributed by atoms with Crippen molar-refractivity contribution in [3.8, 4) is 11.6 Å². The highest BCUT2D eigenvalue weighted by atomic mass is 35.5. The Bertz CT molecular complexity index is 959. The minimum Gasteiger partial charge on any atom is -0.441 e. The second-order valence-corrected chi connectivity index (χ2v) is 5.86. The molecule has 0 fully saturated rings. The smallest absolute Gasteiger partial charge is 0.254 e. The third-order valence-electron chi connectivity index (χ3n) is 3.85. The maximum absolute atomic E-state index is 12.6. The van der Waals surface area contributed by atoms with Crippen LogP contribution >= 0.6 is 11.6 Å². The van der Waals surface area contributed by atoms with Crippen molar-refractivity contribution in [2.45, 2.75) is 6.42 Å². The summed E-state index contributed by atoms with van der Waals surface area (Å²) in [4.78, 5) is 18.8. The van der Waals surface area contributed by atoms with Crippen LogP contribution in [0, 0.1) is 0 Å². The maximum Gasteiger partial charge on any atom is 0.254 e. The molecule has 0 atom stereocenters. The van der Waals surface area contributed by atoms with E-state index in [-0.39, 0.29) is 11.1 Å². The van der Waals surface area contributed by atoms with E-state index < -0.39 is 0 Å². The molecule has 0 spiro atoms. The largest absolute Gasteiger partial charge is 0.441 e. The lowest BCUT2D eigenvalue weighted by Gasteiger charge is -2.23.